The fourth-order valence-electron chi connectivity index (χ4n) is 4.56. The molecule has 3 heterocycles. The number of carbonyl (C=O) groups is 1. The Morgan fingerprint density at radius 3 is 2.69 bits per heavy atom. The van der Waals surface area contributed by atoms with Crippen molar-refractivity contribution in [1.82, 2.24) is 19.4 Å². The SMILES string of the molecule is C=CC(=O)N1CCC(Oc2cc3c(-n4ccc5c(Cl)c(C)cc(F)c54)ncnc3cc2OC)CC1. The van der Waals surface area contributed by atoms with E-state index in [0.29, 0.717) is 75.6 Å². The first kappa shape index (κ1) is 23.1. The number of aryl methyl sites for hydroxylation is 1. The number of carbonyl (C=O) groups excluding carboxylic acids is 1. The van der Waals surface area contributed by atoms with Crippen molar-refractivity contribution in [2.45, 2.75) is 25.9 Å². The molecule has 180 valence electrons. The molecule has 1 fully saturated rings. The molecule has 0 unspecified atom stereocenters. The number of nitrogens with zero attached hydrogens (tertiary/aromatic N) is 4. The number of amides is 1. The number of likely N-dealkylation sites (tertiary alicyclic amines) is 1. The van der Waals surface area contributed by atoms with Gasteiger partial charge >= 0.3 is 0 Å². The van der Waals surface area contributed by atoms with Crippen LogP contribution in [0.15, 0.2) is 49.4 Å². The second-order valence-corrected chi connectivity index (χ2v) is 8.88. The largest absolute Gasteiger partial charge is 0.493 e. The molecule has 9 heteroatoms. The highest BCUT2D eigenvalue weighted by molar-refractivity contribution is 6.36. The Morgan fingerprint density at radius 1 is 1.20 bits per heavy atom. The first-order chi connectivity index (χ1) is 16.9. The highest BCUT2D eigenvalue weighted by atomic mass is 35.5. The Morgan fingerprint density at radius 2 is 1.97 bits per heavy atom. The number of piperidine rings is 1. The molecule has 2 aromatic carbocycles. The van der Waals surface area contributed by atoms with Gasteiger partial charge in [-0.05, 0) is 36.8 Å². The van der Waals surface area contributed by atoms with Gasteiger partial charge in [-0.25, -0.2) is 14.4 Å². The highest BCUT2D eigenvalue weighted by Crippen LogP contribution is 2.37. The molecule has 0 bridgehead atoms. The Hall–Kier alpha value is -3.65. The van der Waals surface area contributed by atoms with Crippen LogP contribution in [0, 0.1) is 12.7 Å². The molecule has 2 aromatic heterocycles. The number of methoxy groups -OCH3 is 1. The van der Waals surface area contributed by atoms with Gasteiger partial charge in [-0.3, -0.25) is 9.36 Å². The molecule has 1 aliphatic rings. The predicted octanol–water partition coefficient (Wildman–Crippen LogP) is 5.24. The van der Waals surface area contributed by atoms with Crippen LogP contribution in [-0.2, 0) is 4.79 Å². The van der Waals surface area contributed by atoms with Crippen LogP contribution in [0.1, 0.15) is 18.4 Å². The lowest BCUT2D eigenvalue weighted by Crippen LogP contribution is -2.41. The molecule has 7 nitrogen and oxygen atoms in total. The van der Waals surface area contributed by atoms with Crippen LogP contribution in [0.4, 0.5) is 4.39 Å². The number of fused-ring (bicyclic) bond motifs is 2. The van der Waals surface area contributed by atoms with Gasteiger partial charge in [0.05, 0.1) is 23.2 Å². The number of hydrogen-bond donors (Lipinski definition) is 0. The van der Waals surface area contributed by atoms with Crippen LogP contribution >= 0.6 is 11.6 Å². The van der Waals surface area contributed by atoms with Gasteiger partial charge in [-0.1, -0.05) is 18.2 Å². The van der Waals surface area contributed by atoms with E-state index < -0.39 is 0 Å². The van der Waals surface area contributed by atoms with Crippen LogP contribution < -0.4 is 9.47 Å². The summed E-state index contributed by atoms with van der Waals surface area (Å²) in [6, 6.07) is 6.81. The Labute approximate surface area is 206 Å². The maximum atomic E-state index is 15.0. The van der Waals surface area contributed by atoms with Crippen LogP contribution in [-0.4, -0.2) is 51.6 Å². The van der Waals surface area contributed by atoms with E-state index in [1.165, 1.54) is 18.5 Å². The number of halogens is 2. The average molecular weight is 495 g/mol. The summed E-state index contributed by atoms with van der Waals surface area (Å²) >= 11 is 6.45. The smallest absolute Gasteiger partial charge is 0.245 e. The van der Waals surface area contributed by atoms with Crippen molar-refractivity contribution in [2.24, 2.45) is 0 Å². The third-order valence-corrected chi connectivity index (χ3v) is 6.89. The summed E-state index contributed by atoms with van der Waals surface area (Å²) in [5.74, 6) is 1.12. The van der Waals surface area contributed by atoms with E-state index in [4.69, 9.17) is 21.1 Å². The van der Waals surface area contributed by atoms with Crippen LogP contribution in [0.25, 0.3) is 27.6 Å². The molecule has 4 aromatic rings. The Balaban J connectivity index is 1.55. The third kappa shape index (κ3) is 4.08. The van der Waals surface area contributed by atoms with Crippen molar-refractivity contribution in [3.63, 3.8) is 0 Å². The average Bonchev–Trinajstić information content (AvgIpc) is 3.32. The zero-order chi connectivity index (χ0) is 24.7. The van der Waals surface area contributed by atoms with Gasteiger partial charge in [-0.15, -0.1) is 0 Å². The molecule has 0 saturated carbocycles. The first-order valence-electron chi connectivity index (χ1n) is 11.3. The van der Waals surface area contributed by atoms with Crippen molar-refractivity contribution < 1.29 is 18.7 Å². The maximum Gasteiger partial charge on any atom is 0.245 e. The van der Waals surface area contributed by atoms with Crippen LogP contribution in [0.3, 0.4) is 0 Å². The minimum absolute atomic E-state index is 0.0741. The van der Waals surface area contributed by atoms with Crippen molar-refractivity contribution in [3.8, 4) is 17.3 Å². The van der Waals surface area contributed by atoms with E-state index in [-0.39, 0.29) is 17.8 Å². The van der Waals surface area contributed by atoms with Crippen molar-refractivity contribution in [2.75, 3.05) is 20.2 Å². The van der Waals surface area contributed by atoms with Gasteiger partial charge in [0.25, 0.3) is 0 Å². The van der Waals surface area contributed by atoms with E-state index in [0.717, 1.165) is 0 Å². The highest BCUT2D eigenvalue weighted by Gasteiger charge is 2.24. The van der Waals surface area contributed by atoms with Gasteiger partial charge in [0.1, 0.15) is 24.1 Å². The molecule has 1 aliphatic heterocycles. The predicted molar refractivity (Wildman–Crippen MR) is 133 cm³/mol. The second kappa shape index (κ2) is 9.19. The zero-order valence-corrected chi connectivity index (χ0v) is 20.2. The van der Waals surface area contributed by atoms with Crippen molar-refractivity contribution >= 4 is 39.3 Å². The number of ether oxygens (including phenoxy) is 2. The molecule has 1 amide bonds. The molecule has 1 saturated heterocycles. The Kier molecular flexibility index (Phi) is 6.06. The minimum atomic E-state index is -0.385. The first-order valence-corrected chi connectivity index (χ1v) is 11.7. The van der Waals surface area contributed by atoms with E-state index in [1.807, 2.05) is 6.07 Å². The van der Waals surface area contributed by atoms with Gasteiger partial charge in [-0.2, -0.15) is 0 Å². The molecule has 0 aliphatic carbocycles. The monoisotopic (exact) mass is 494 g/mol. The normalized spacial score (nSPS) is 14.5. The quantitative estimate of drug-likeness (QED) is 0.355. The molecule has 0 N–H and O–H groups in total. The molecular weight excluding hydrogens is 471 g/mol. The number of benzene rings is 2. The summed E-state index contributed by atoms with van der Waals surface area (Å²) in [7, 11) is 1.57. The number of hydrogen-bond acceptors (Lipinski definition) is 5. The molecule has 0 atom stereocenters. The van der Waals surface area contributed by atoms with Crippen LogP contribution in [0.2, 0.25) is 5.02 Å². The van der Waals surface area contributed by atoms with E-state index in [9.17, 15) is 4.79 Å². The van der Waals surface area contributed by atoms with E-state index in [2.05, 4.69) is 16.5 Å². The number of aromatic nitrogens is 3. The molecule has 5 rings (SSSR count). The van der Waals surface area contributed by atoms with E-state index >= 15 is 4.39 Å². The van der Waals surface area contributed by atoms with Gasteiger partial charge < -0.3 is 14.4 Å². The molecule has 35 heavy (non-hydrogen) atoms. The topological polar surface area (TPSA) is 69.5 Å². The fourth-order valence-corrected chi connectivity index (χ4v) is 4.77. The summed E-state index contributed by atoms with van der Waals surface area (Å²) in [4.78, 5) is 22.5. The van der Waals surface area contributed by atoms with Crippen molar-refractivity contribution in [3.05, 3.63) is 65.8 Å². The summed E-state index contributed by atoms with van der Waals surface area (Å²) < 4.78 is 28.6. The zero-order valence-electron chi connectivity index (χ0n) is 19.4. The molecular formula is C26H24ClFN4O3. The van der Waals surface area contributed by atoms with Crippen molar-refractivity contribution in [1.29, 1.82) is 0 Å². The maximum absolute atomic E-state index is 15.0. The van der Waals surface area contributed by atoms with Gasteiger partial charge in [0.15, 0.2) is 11.5 Å². The second-order valence-electron chi connectivity index (χ2n) is 8.50. The van der Waals surface area contributed by atoms with Gasteiger partial charge in [0.2, 0.25) is 5.91 Å². The lowest BCUT2D eigenvalue weighted by atomic mass is 10.1. The lowest BCUT2D eigenvalue weighted by molar-refractivity contribution is -0.127. The lowest BCUT2D eigenvalue weighted by Gasteiger charge is -2.31. The van der Waals surface area contributed by atoms with Gasteiger partial charge in [0, 0.05) is 49.0 Å². The molecule has 0 radical (unpaired) electrons. The summed E-state index contributed by atoms with van der Waals surface area (Å²) in [5, 5.41) is 1.79. The standard InChI is InChI=1S/C26H24ClFN4O3/c1-4-23(33)31-8-5-16(6-9-31)35-22-12-18-20(13-21(22)34-3)29-14-30-26(18)32-10-7-17-24(27)15(2)11-19(28)25(17)32/h4,7,10-14,16H,1,5-6,8-9H2,2-3H3. The molecule has 0 spiro atoms. The summed E-state index contributed by atoms with van der Waals surface area (Å²) in [6.45, 7) is 6.51. The third-order valence-electron chi connectivity index (χ3n) is 6.39. The number of rotatable bonds is 5. The van der Waals surface area contributed by atoms with E-state index in [1.54, 1.807) is 41.8 Å². The minimum Gasteiger partial charge on any atom is -0.493 e. The fraction of sp³-hybridized carbons (Fsp3) is 0.269. The van der Waals surface area contributed by atoms with Crippen LogP contribution in [0.5, 0.6) is 11.5 Å². The summed E-state index contributed by atoms with van der Waals surface area (Å²) in [5.41, 5.74) is 1.65. The summed E-state index contributed by atoms with van der Waals surface area (Å²) in [6.07, 6.45) is 5.79. The Bertz CT molecular complexity index is 1460.